The largest absolute Gasteiger partial charge is 0.466 e. The van der Waals surface area contributed by atoms with Crippen molar-refractivity contribution in [2.45, 2.75) is 65.5 Å². The fourth-order valence-corrected chi connectivity index (χ4v) is 5.30. The molecular formula is C24H32ClNO2S. The number of unbranched alkanes of at least 4 members (excludes halogenated alkanes) is 1. The van der Waals surface area contributed by atoms with E-state index in [0.717, 1.165) is 50.2 Å². The number of esters is 1. The lowest BCUT2D eigenvalue weighted by atomic mass is 9.86. The summed E-state index contributed by atoms with van der Waals surface area (Å²) in [5, 5.41) is 3.05. The lowest BCUT2D eigenvalue weighted by molar-refractivity contribution is -0.153. The average Bonchev–Trinajstić information content (AvgIpc) is 3.17. The van der Waals surface area contributed by atoms with E-state index in [9.17, 15) is 4.79 Å². The fraction of sp³-hybridized carbons (Fsp3) is 0.542. The Kier molecular flexibility index (Phi) is 7.78. The van der Waals surface area contributed by atoms with E-state index < -0.39 is 5.41 Å². The van der Waals surface area contributed by atoms with Crippen molar-refractivity contribution in [3.63, 3.8) is 0 Å². The number of hydrogen-bond donors (Lipinski definition) is 0. The summed E-state index contributed by atoms with van der Waals surface area (Å²) in [6.07, 6.45) is 5.07. The quantitative estimate of drug-likeness (QED) is 0.327. The van der Waals surface area contributed by atoms with E-state index >= 15 is 0 Å². The van der Waals surface area contributed by atoms with E-state index in [1.54, 1.807) is 0 Å². The van der Waals surface area contributed by atoms with Crippen LogP contribution in [0, 0.1) is 5.41 Å². The van der Waals surface area contributed by atoms with Crippen molar-refractivity contribution >= 4 is 28.9 Å². The summed E-state index contributed by atoms with van der Waals surface area (Å²) in [5.41, 5.74) is 2.26. The Morgan fingerprint density at radius 3 is 2.83 bits per heavy atom. The molecule has 29 heavy (non-hydrogen) atoms. The molecule has 1 aromatic carbocycles. The number of carbonyl (C=O) groups is 1. The second-order valence-corrected chi connectivity index (χ2v) is 9.88. The lowest BCUT2D eigenvalue weighted by Crippen LogP contribution is -2.33. The first-order chi connectivity index (χ1) is 13.9. The summed E-state index contributed by atoms with van der Waals surface area (Å²) in [5.74, 6) is -0.0938. The highest BCUT2D eigenvalue weighted by molar-refractivity contribution is 7.10. The number of nitrogens with zero attached hydrogens (tertiary/aromatic N) is 1. The Labute approximate surface area is 184 Å². The van der Waals surface area contributed by atoms with Crippen LogP contribution in [0.2, 0.25) is 5.02 Å². The van der Waals surface area contributed by atoms with Gasteiger partial charge in [-0.25, -0.2) is 0 Å². The number of hydrogen-bond acceptors (Lipinski definition) is 4. The molecule has 5 heteroatoms. The highest BCUT2D eigenvalue weighted by Crippen LogP contribution is 2.36. The molecule has 0 fully saturated rings. The van der Waals surface area contributed by atoms with Crippen LogP contribution in [-0.2, 0) is 22.5 Å². The maximum atomic E-state index is 12.2. The van der Waals surface area contributed by atoms with Crippen molar-refractivity contribution in [1.82, 2.24) is 4.90 Å². The van der Waals surface area contributed by atoms with Crippen molar-refractivity contribution in [1.29, 1.82) is 0 Å². The molecule has 0 unspecified atom stereocenters. The Morgan fingerprint density at radius 1 is 1.28 bits per heavy atom. The molecule has 1 aliphatic heterocycles. The van der Waals surface area contributed by atoms with Crippen LogP contribution in [0.25, 0.3) is 0 Å². The third-order valence-electron chi connectivity index (χ3n) is 5.90. The number of carbonyl (C=O) groups excluding carboxylic acids is 1. The van der Waals surface area contributed by atoms with Crippen molar-refractivity contribution in [2.24, 2.45) is 5.41 Å². The topological polar surface area (TPSA) is 29.5 Å². The molecule has 0 amide bonds. The first-order valence-corrected chi connectivity index (χ1v) is 11.9. The summed E-state index contributed by atoms with van der Waals surface area (Å²) in [7, 11) is 0. The number of thiophene rings is 1. The van der Waals surface area contributed by atoms with Gasteiger partial charge in [-0.15, -0.1) is 11.3 Å². The minimum Gasteiger partial charge on any atom is -0.466 e. The first kappa shape index (κ1) is 22.3. The van der Waals surface area contributed by atoms with Gasteiger partial charge in [-0.3, -0.25) is 9.69 Å². The summed E-state index contributed by atoms with van der Waals surface area (Å²) in [6.45, 7) is 8.33. The molecule has 0 aliphatic carbocycles. The molecule has 2 heterocycles. The minimum absolute atomic E-state index is 0.0938. The standard InChI is InChI=1S/C24H32ClNO2S/c1-4-28-23(27)24(2,3)14-8-7-11-21(19-9-5-6-10-20(19)25)26-15-12-22-18(17-26)13-16-29-22/h5-6,9-10,13,16,21H,4,7-8,11-12,14-15,17H2,1-3H3/t21-/m0/s1. The Morgan fingerprint density at radius 2 is 2.07 bits per heavy atom. The molecule has 0 saturated heterocycles. The van der Waals surface area contributed by atoms with Crippen LogP contribution >= 0.6 is 22.9 Å². The summed E-state index contributed by atoms with van der Waals surface area (Å²) in [4.78, 5) is 16.3. The van der Waals surface area contributed by atoms with Gasteiger partial charge in [0.25, 0.3) is 0 Å². The third-order valence-corrected chi connectivity index (χ3v) is 7.27. The number of fused-ring (bicyclic) bond motifs is 1. The summed E-state index contributed by atoms with van der Waals surface area (Å²) in [6, 6.07) is 10.8. The molecular weight excluding hydrogens is 402 g/mol. The second-order valence-electron chi connectivity index (χ2n) is 8.48. The van der Waals surface area contributed by atoms with Gasteiger partial charge in [0.15, 0.2) is 0 Å². The fourth-order valence-electron chi connectivity index (χ4n) is 4.15. The molecule has 0 radical (unpaired) electrons. The molecule has 158 valence electrons. The molecule has 0 spiro atoms. The molecule has 1 atom stereocenters. The average molecular weight is 434 g/mol. The van der Waals surface area contributed by atoms with Gasteiger partial charge in [0.2, 0.25) is 0 Å². The normalized spacial score (nSPS) is 15.7. The van der Waals surface area contributed by atoms with E-state index in [-0.39, 0.29) is 5.97 Å². The van der Waals surface area contributed by atoms with Crippen LogP contribution in [0.5, 0.6) is 0 Å². The van der Waals surface area contributed by atoms with Crippen molar-refractivity contribution in [3.05, 3.63) is 56.7 Å². The van der Waals surface area contributed by atoms with Crippen LogP contribution in [0.4, 0.5) is 0 Å². The van der Waals surface area contributed by atoms with Gasteiger partial charge in [-0.2, -0.15) is 0 Å². The van der Waals surface area contributed by atoms with Crippen LogP contribution in [0.3, 0.4) is 0 Å². The number of rotatable bonds is 9. The third kappa shape index (κ3) is 5.62. The molecule has 3 rings (SSSR count). The van der Waals surface area contributed by atoms with Crippen molar-refractivity contribution in [2.75, 3.05) is 13.2 Å². The van der Waals surface area contributed by atoms with Crippen LogP contribution in [0.15, 0.2) is 35.7 Å². The van der Waals surface area contributed by atoms with E-state index in [4.69, 9.17) is 16.3 Å². The van der Waals surface area contributed by atoms with E-state index in [0.29, 0.717) is 12.6 Å². The van der Waals surface area contributed by atoms with Crippen LogP contribution < -0.4 is 0 Å². The van der Waals surface area contributed by atoms with Crippen molar-refractivity contribution in [3.8, 4) is 0 Å². The zero-order chi connectivity index (χ0) is 20.9. The van der Waals surface area contributed by atoms with Gasteiger partial charge in [0.05, 0.1) is 12.0 Å². The lowest BCUT2D eigenvalue weighted by Gasteiger charge is -2.35. The zero-order valence-corrected chi connectivity index (χ0v) is 19.3. The first-order valence-electron chi connectivity index (χ1n) is 10.6. The smallest absolute Gasteiger partial charge is 0.311 e. The van der Waals surface area contributed by atoms with E-state index in [1.807, 2.05) is 44.2 Å². The van der Waals surface area contributed by atoms with Gasteiger partial charge in [0.1, 0.15) is 0 Å². The zero-order valence-electron chi connectivity index (χ0n) is 17.7. The Balaban J connectivity index is 1.65. The second kappa shape index (κ2) is 10.1. The Bertz CT molecular complexity index is 817. The van der Waals surface area contributed by atoms with Gasteiger partial charge in [-0.05, 0) is 68.7 Å². The molecule has 1 aliphatic rings. The summed E-state index contributed by atoms with van der Waals surface area (Å²) >= 11 is 8.47. The predicted molar refractivity (Wildman–Crippen MR) is 122 cm³/mol. The van der Waals surface area contributed by atoms with Gasteiger partial charge >= 0.3 is 5.97 Å². The monoisotopic (exact) mass is 433 g/mol. The number of halogens is 1. The molecule has 3 nitrogen and oxygen atoms in total. The highest BCUT2D eigenvalue weighted by Gasteiger charge is 2.30. The van der Waals surface area contributed by atoms with Gasteiger partial charge in [0, 0.05) is 29.0 Å². The minimum atomic E-state index is -0.424. The summed E-state index contributed by atoms with van der Waals surface area (Å²) < 4.78 is 5.23. The van der Waals surface area contributed by atoms with Crippen molar-refractivity contribution < 1.29 is 9.53 Å². The number of benzene rings is 1. The molecule has 0 bridgehead atoms. The SMILES string of the molecule is CCOC(=O)C(C)(C)CCCC[C@@H](c1ccccc1Cl)N1CCc2sccc2C1. The molecule has 0 saturated carbocycles. The van der Waals surface area contributed by atoms with E-state index in [1.165, 1.54) is 16.0 Å². The van der Waals surface area contributed by atoms with Gasteiger partial charge < -0.3 is 4.74 Å². The predicted octanol–water partition coefficient (Wildman–Crippen LogP) is 6.65. The Hall–Kier alpha value is -1.36. The maximum absolute atomic E-state index is 12.2. The van der Waals surface area contributed by atoms with Crippen LogP contribution in [-0.4, -0.2) is 24.0 Å². The molecule has 0 N–H and O–H groups in total. The van der Waals surface area contributed by atoms with Crippen LogP contribution in [0.1, 0.15) is 68.5 Å². The molecule has 2 aromatic rings. The molecule has 1 aromatic heterocycles. The number of ether oxygens (including phenoxy) is 1. The highest BCUT2D eigenvalue weighted by atomic mass is 35.5. The van der Waals surface area contributed by atoms with E-state index in [2.05, 4.69) is 28.5 Å². The van der Waals surface area contributed by atoms with Gasteiger partial charge in [-0.1, -0.05) is 42.6 Å². The maximum Gasteiger partial charge on any atom is 0.311 e.